The summed E-state index contributed by atoms with van der Waals surface area (Å²) in [6, 6.07) is 0.481. The van der Waals surface area contributed by atoms with Crippen LogP contribution in [-0.2, 0) is 9.59 Å². The van der Waals surface area contributed by atoms with E-state index in [1.54, 1.807) is 0 Å². The minimum atomic E-state index is 0. The standard InChI is InChI=1S/C21H37N3O2.ClH/c1-15-10-11-24(19(12-15)14-22)21(26)17-6-8-18(9-7-17)23-20(25)13-16-4-2-3-5-16;/h15-19H,2-14,22H2,1H3,(H,23,25);1H. The molecule has 0 aromatic heterocycles. The van der Waals surface area contributed by atoms with Crippen molar-refractivity contribution < 1.29 is 9.59 Å². The number of hydrogen-bond donors (Lipinski definition) is 2. The highest BCUT2D eigenvalue weighted by Gasteiger charge is 2.35. The lowest BCUT2D eigenvalue weighted by Crippen LogP contribution is -2.52. The highest BCUT2D eigenvalue weighted by atomic mass is 35.5. The Hall–Kier alpha value is -0.810. The van der Waals surface area contributed by atoms with Crippen molar-refractivity contribution in [1.82, 2.24) is 10.2 Å². The summed E-state index contributed by atoms with van der Waals surface area (Å²) < 4.78 is 0. The Morgan fingerprint density at radius 2 is 1.70 bits per heavy atom. The van der Waals surface area contributed by atoms with Gasteiger partial charge in [-0.05, 0) is 63.2 Å². The lowest BCUT2D eigenvalue weighted by molar-refractivity contribution is -0.140. The molecule has 0 radical (unpaired) electrons. The third-order valence-electron chi connectivity index (χ3n) is 6.92. The van der Waals surface area contributed by atoms with E-state index in [2.05, 4.69) is 17.1 Å². The number of hydrogen-bond acceptors (Lipinski definition) is 3. The minimum Gasteiger partial charge on any atom is -0.353 e. The number of halogens is 1. The smallest absolute Gasteiger partial charge is 0.225 e. The van der Waals surface area contributed by atoms with E-state index in [0.29, 0.717) is 30.7 Å². The zero-order chi connectivity index (χ0) is 18.5. The Balaban J connectivity index is 0.00000261. The van der Waals surface area contributed by atoms with Gasteiger partial charge >= 0.3 is 0 Å². The number of piperidine rings is 1. The van der Waals surface area contributed by atoms with Crippen molar-refractivity contribution in [2.75, 3.05) is 13.1 Å². The molecule has 2 aliphatic carbocycles. The summed E-state index contributed by atoms with van der Waals surface area (Å²) in [5, 5.41) is 3.23. The molecule has 1 heterocycles. The van der Waals surface area contributed by atoms with Crippen molar-refractivity contribution in [2.45, 2.75) is 89.6 Å². The fourth-order valence-corrected chi connectivity index (χ4v) is 5.25. The topological polar surface area (TPSA) is 75.4 Å². The molecule has 27 heavy (non-hydrogen) atoms. The van der Waals surface area contributed by atoms with E-state index < -0.39 is 0 Å². The fourth-order valence-electron chi connectivity index (χ4n) is 5.25. The fraction of sp³-hybridized carbons (Fsp3) is 0.905. The number of nitrogens with two attached hydrogens (primary N) is 1. The number of carbonyl (C=O) groups is 2. The van der Waals surface area contributed by atoms with Gasteiger partial charge in [-0.25, -0.2) is 0 Å². The summed E-state index contributed by atoms with van der Waals surface area (Å²) in [6.45, 7) is 3.69. The van der Waals surface area contributed by atoms with Crippen molar-refractivity contribution in [2.24, 2.45) is 23.5 Å². The Bertz CT molecular complexity index is 488. The Kier molecular flexibility index (Phi) is 8.87. The van der Waals surface area contributed by atoms with E-state index in [1.165, 1.54) is 25.7 Å². The zero-order valence-corrected chi connectivity index (χ0v) is 17.6. The predicted octanol–water partition coefficient (Wildman–Crippen LogP) is 3.25. The van der Waals surface area contributed by atoms with Crippen molar-refractivity contribution in [3.05, 3.63) is 0 Å². The zero-order valence-electron chi connectivity index (χ0n) is 16.8. The summed E-state index contributed by atoms with van der Waals surface area (Å²) in [7, 11) is 0. The lowest BCUT2D eigenvalue weighted by Gasteiger charge is -2.41. The molecule has 0 aromatic carbocycles. The van der Waals surface area contributed by atoms with Gasteiger partial charge in [-0.1, -0.05) is 19.8 Å². The molecule has 156 valence electrons. The molecule has 3 aliphatic rings. The SMILES string of the molecule is CC1CCN(C(=O)C2CCC(NC(=O)CC3CCCC3)CC2)C(CN)C1.Cl. The van der Waals surface area contributed by atoms with E-state index in [4.69, 9.17) is 5.73 Å². The van der Waals surface area contributed by atoms with Crippen LogP contribution in [0.5, 0.6) is 0 Å². The van der Waals surface area contributed by atoms with Crippen LogP contribution in [0, 0.1) is 17.8 Å². The van der Waals surface area contributed by atoms with Crippen molar-refractivity contribution >= 4 is 24.2 Å². The van der Waals surface area contributed by atoms with Crippen LogP contribution in [-0.4, -0.2) is 41.9 Å². The molecule has 0 spiro atoms. The lowest BCUT2D eigenvalue weighted by atomic mass is 9.83. The summed E-state index contributed by atoms with van der Waals surface area (Å²) in [5.74, 6) is 1.92. The maximum atomic E-state index is 13.0. The molecule has 2 unspecified atom stereocenters. The van der Waals surface area contributed by atoms with Gasteiger partial charge in [0.2, 0.25) is 11.8 Å². The molecule has 0 aromatic rings. The van der Waals surface area contributed by atoms with Crippen LogP contribution in [0.1, 0.15) is 77.6 Å². The number of nitrogens with zero attached hydrogens (tertiary/aromatic N) is 1. The first kappa shape index (κ1) is 22.5. The van der Waals surface area contributed by atoms with Gasteiger partial charge in [0.15, 0.2) is 0 Å². The van der Waals surface area contributed by atoms with E-state index >= 15 is 0 Å². The van der Waals surface area contributed by atoms with E-state index in [9.17, 15) is 9.59 Å². The van der Waals surface area contributed by atoms with Crippen LogP contribution in [0.4, 0.5) is 0 Å². The number of carbonyl (C=O) groups excluding carboxylic acids is 2. The molecule has 2 saturated carbocycles. The predicted molar refractivity (Wildman–Crippen MR) is 111 cm³/mol. The molecule has 3 N–H and O–H groups in total. The molecule has 3 rings (SSSR count). The second kappa shape index (κ2) is 10.7. The largest absolute Gasteiger partial charge is 0.353 e. The van der Waals surface area contributed by atoms with Crippen LogP contribution in [0.15, 0.2) is 0 Å². The van der Waals surface area contributed by atoms with Crippen molar-refractivity contribution in [3.8, 4) is 0 Å². The Morgan fingerprint density at radius 3 is 2.33 bits per heavy atom. The van der Waals surface area contributed by atoms with E-state index in [1.807, 2.05) is 0 Å². The van der Waals surface area contributed by atoms with Gasteiger partial charge in [0, 0.05) is 37.5 Å². The van der Waals surface area contributed by atoms with Gasteiger partial charge in [-0.15, -0.1) is 12.4 Å². The molecule has 1 saturated heterocycles. The second-order valence-corrected chi connectivity index (χ2v) is 9.02. The number of amides is 2. The average Bonchev–Trinajstić information content (AvgIpc) is 3.14. The van der Waals surface area contributed by atoms with Gasteiger partial charge in [0.25, 0.3) is 0 Å². The maximum Gasteiger partial charge on any atom is 0.225 e. The van der Waals surface area contributed by atoms with Gasteiger partial charge < -0.3 is 16.0 Å². The first-order valence-electron chi connectivity index (χ1n) is 10.9. The van der Waals surface area contributed by atoms with Crippen LogP contribution in [0.3, 0.4) is 0 Å². The first-order valence-corrected chi connectivity index (χ1v) is 10.9. The number of nitrogens with one attached hydrogen (secondary N) is 1. The molecular weight excluding hydrogens is 362 g/mol. The number of rotatable bonds is 5. The van der Waals surface area contributed by atoms with Gasteiger partial charge in [-0.3, -0.25) is 9.59 Å². The monoisotopic (exact) mass is 399 g/mol. The minimum absolute atomic E-state index is 0. The molecule has 5 nitrogen and oxygen atoms in total. The molecule has 2 atom stereocenters. The molecule has 6 heteroatoms. The maximum absolute atomic E-state index is 13.0. The molecule has 1 aliphatic heterocycles. The van der Waals surface area contributed by atoms with E-state index in [-0.39, 0.29) is 36.3 Å². The third kappa shape index (κ3) is 6.08. The second-order valence-electron chi connectivity index (χ2n) is 9.02. The summed E-state index contributed by atoms with van der Waals surface area (Å²) in [6.07, 6.45) is 11.5. The van der Waals surface area contributed by atoms with Crippen LogP contribution in [0.2, 0.25) is 0 Å². The van der Waals surface area contributed by atoms with Crippen molar-refractivity contribution in [1.29, 1.82) is 0 Å². The van der Waals surface area contributed by atoms with Crippen LogP contribution >= 0.6 is 12.4 Å². The highest BCUT2D eigenvalue weighted by molar-refractivity contribution is 5.85. The average molecular weight is 400 g/mol. The summed E-state index contributed by atoms with van der Waals surface area (Å²) >= 11 is 0. The normalized spacial score (nSPS) is 32.0. The Labute approximate surface area is 170 Å². The van der Waals surface area contributed by atoms with Gasteiger partial charge in [0.05, 0.1) is 0 Å². The molecular formula is C21H38ClN3O2. The molecule has 0 bridgehead atoms. The van der Waals surface area contributed by atoms with Gasteiger partial charge in [0.1, 0.15) is 0 Å². The molecule has 3 fully saturated rings. The van der Waals surface area contributed by atoms with Crippen LogP contribution < -0.4 is 11.1 Å². The number of likely N-dealkylation sites (tertiary alicyclic amines) is 1. The summed E-state index contributed by atoms with van der Waals surface area (Å²) in [5.41, 5.74) is 5.93. The highest BCUT2D eigenvalue weighted by Crippen LogP contribution is 2.31. The van der Waals surface area contributed by atoms with Crippen LogP contribution in [0.25, 0.3) is 0 Å². The first-order chi connectivity index (χ1) is 12.6. The van der Waals surface area contributed by atoms with E-state index in [0.717, 1.165) is 45.1 Å². The van der Waals surface area contributed by atoms with Crippen molar-refractivity contribution in [3.63, 3.8) is 0 Å². The Morgan fingerprint density at radius 1 is 1.04 bits per heavy atom. The molecule has 2 amide bonds. The third-order valence-corrected chi connectivity index (χ3v) is 6.92. The quantitative estimate of drug-likeness (QED) is 0.745. The summed E-state index contributed by atoms with van der Waals surface area (Å²) in [4.78, 5) is 27.3. The van der Waals surface area contributed by atoms with Gasteiger partial charge in [-0.2, -0.15) is 0 Å².